The number of aromatic nitrogens is 2. The third kappa shape index (κ3) is 6.09. The fourth-order valence-electron chi connectivity index (χ4n) is 2.85. The highest BCUT2D eigenvalue weighted by molar-refractivity contribution is 7.98. The molecular formula is C17H25N5O2S. The van der Waals surface area contributed by atoms with Crippen molar-refractivity contribution in [2.45, 2.75) is 56.8 Å². The van der Waals surface area contributed by atoms with Gasteiger partial charge in [-0.1, -0.05) is 11.8 Å². The molecule has 0 radical (unpaired) electrons. The second kappa shape index (κ2) is 9.47. The molecule has 25 heavy (non-hydrogen) atoms. The molecule has 0 spiro atoms. The molecule has 0 unspecified atom stereocenters. The zero-order chi connectivity index (χ0) is 18.2. The highest BCUT2D eigenvalue weighted by Gasteiger charge is 2.23. The van der Waals surface area contributed by atoms with Crippen molar-refractivity contribution >= 4 is 23.7 Å². The molecule has 1 aromatic rings. The number of nitriles is 1. The number of ether oxygens (including phenoxy) is 1. The first-order valence-corrected chi connectivity index (χ1v) is 9.76. The minimum Gasteiger partial charge on any atom is -0.447 e. The van der Waals surface area contributed by atoms with E-state index in [9.17, 15) is 10.1 Å². The van der Waals surface area contributed by atoms with E-state index in [1.807, 2.05) is 20.1 Å². The summed E-state index contributed by atoms with van der Waals surface area (Å²) in [4.78, 5) is 20.1. The molecule has 0 aromatic carbocycles. The summed E-state index contributed by atoms with van der Waals surface area (Å²) in [5, 5.41) is 16.0. The van der Waals surface area contributed by atoms with Gasteiger partial charge in [-0.15, -0.1) is 0 Å². The maximum atomic E-state index is 11.7. The lowest BCUT2D eigenvalue weighted by Gasteiger charge is -2.29. The molecule has 2 N–H and O–H groups in total. The van der Waals surface area contributed by atoms with E-state index in [0.717, 1.165) is 32.2 Å². The van der Waals surface area contributed by atoms with Crippen molar-refractivity contribution in [1.82, 2.24) is 15.3 Å². The second-order valence-corrected chi connectivity index (χ2v) is 7.20. The molecule has 1 amide bonds. The van der Waals surface area contributed by atoms with Crippen LogP contribution in [0, 0.1) is 17.2 Å². The van der Waals surface area contributed by atoms with E-state index < -0.39 is 0 Å². The van der Waals surface area contributed by atoms with Crippen molar-refractivity contribution in [1.29, 1.82) is 5.26 Å². The predicted molar refractivity (Wildman–Crippen MR) is 97.5 cm³/mol. The van der Waals surface area contributed by atoms with Crippen molar-refractivity contribution in [3.8, 4) is 6.07 Å². The van der Waals surface area contributed by atoms with Gasteiger partial charge in [0.05, 0.1) is 12.3 Å². The van der Waals surface area contributed by atoms with Crippen LogP contribution < -0.4 is 10.6 Å². The summed E-state index contributed by atoms with van der Waals surface area (Å²) < 4.78 is 5.12. The van der Waals surface area contributed by atoms with Crippen molar-refractivity contribution in [3.63, 3.8) is 0 Å². The van der Waals surface area contributed by atoms with Gasteiger partial charge in [0.2, 0.25) is 0 Å². The summed E-state index contributed by atoms with van der Waals surface area (Å²) in [5.41, 5.74) is 0.463. The van der Waals surface area contributed by atoms with E-state index in [1.54, 1.807) is 6.20 Å². The first-order valence-electron chi connectivity index (χ1n) is 8.54. The predicted octanol–water partition coefficient (Wildman–Crippen LogP) is 3.18. The van der Waals surface area contributed by atoms with Crippen LogP contribution in [-0.2, 0) is 4.74 Å². The lowest BCUT2D eigenvalue weighted by atomic mass is 9.86. The van der Waals surface area contributed by atoms with Crippen LogP contribution in [0.5, 0.6) is 0 Å². The van der Waals surface area contributed by atoms with Crippen LogP contribution in [0.3, 0.4) is 0 Å². The Labute approximate surface area is 152 Å². The van der Waals surface area contributed by atoms with Crippen molar-refractivity contribution in [2.24, 2.45) is 5.92 Å². The Bertz CT molecular complexity index is 624. The third-order valence-electron chi connectivity index (χ3n) is 4.14. The molecule has 1 saturated carbocycles. The summed E-state index contributed by atoms with van der Waals surface area (Å²) in [6.45, 7) is 4.45. The molecule has 0 saturated heterocycles. The monoisotopic (exact) mass is 363 g/mol. The lowest BCUT2D eigenvalue weighted by molar-refractivity contribution is 0.109. The van der Waals surface area contributed by atoms with Gasteiger partial charge in [0.25, 0.3) is 0 Å². The first-order chi connectivity index (χ1) is 12.0. The Kier molecular flexibility index (Phi) is 7.31. The molecule has 2 rings (SSSR count). The second-order valence-electron chi connectivity index (χ2n) is 6.43. The lowest BCUT2D eigenvalue weighted by Crippen LogP contribution is -2.39. The van der Waals surface area contributed by atoms with Crippen LogP contribution in [0.15, 0.2) is 11.4 Å². The van der Waals surface area contributed by atoms with E-state index in [0.29, 0.717) is 22.5 Å². The number of alkyl carbamates (subject to hydrolysis) is 1. The first kappa shape index (κ1) is 19.3. The Morgan fingerprint density at radius 3 is 2.76 bits per heavy atom. The van der Waals surface area contributed by atoms with Crippen LogP contribution in [0.4, 0.5) is 10.6 Å². The number of hydrogen-bond acceptors (Lipinski definition) is 7. The quantitative estimate of drug-likeness (QED) is 0.591. The number of thioether (sulfide) groups is 1. The number of nitrogens with zero attached hydrogens (tertiary/aromatic N) is 3. The minimum atomic E-state index is -0.333. The fourth-order valence-corrected chi connectivity index (χ4v) is 3.19. The normalized spacial score (nSPS) is 20.0. The Morgan fingerprint density at radius 2 is 2.16 bits per heavy atom. The number of carbonyl (C=O) groups excluding carboxylic acids is 1. The van der Waals surface area contributed by atoms with E-state index in [4.69, 9.17) is 4.74 Å². The standard InChI is InChI=1S/C17H25N5O2S/c1-11(2)24-17(23)21-14-6-4-12(5-7-14)9-19-15-13(8-18)10-20-16(22-15)25-3/h10-12,14H,4-7,9H2,1-3H3,(H,21,23)(H,19,20,22). The molecule has 1 heterocycles. The molecule has 0 bridgehead atoms. The smallest absolute Gasteiger partial charge is 0.407 e. The fraction of sp³-hybridized carbons (Fsp3) is 0.647. The maximum Gasteiger partial charge on any atom is 0.407 e. The van der Waals surface area contributed by atoms with Gasteiger partial charge >= 0.3 is 6.09 Å². The highest BCUT2D eigenvalue weighted by Crippen LogP contribution is 2.25. The van der Waals surface area contributed by atoms with E-state index in [1.165, 1.54) is 11.8 Å². The summed E-state index contributed by atoms with van der Waals surface area (Å²) in [5.74, 6) is 1.10. The maximum absolute atomic E-state index is 11.7. The number of amides is 1. The molecular weight excluding hydrogens is 338 g/mol. The zero-order valence-electron chi connectivity index (χ0n) is 14.9. The largest absolute Gasteiger partial charge is 0.447 e. The van der Waals surface area contributed by atoms with E-state index >= 15 is 0 Å². The average molecular weight is 363 g/mol. The summed E-state index contributed by atoms with van der Waals surface area (Å²) in [6.07, 6.45) is 6.93. The SMILES string of the molecule is CSc1ncc(C#N)c(NCC2CCC(NC(=O)OC(C)C)CC2)n1. The molecule has 8 heteroatoms. The van der Waals surface area contributed by atoms with E-state index in [2.05, 4.69) is 26.7 Å². The van der Waals surface area contributed by atoms with Crippen LogP contribution in [0.2, 0.25) is 0 Å². The minimum absolute atomic E-state index is 0.103. The Hall–Kier alpha value is -2.01. The number of carbonyl (C=O) groups is 1. The number of rotatable bonds is 6. The molecule has 1 fully saturated rings. The molecule has 136 valence electrons. The van der Waals surface area contributed by atoms with Gasteiger partial charge < -0.3 is 15.4 Å². The van der Waals surface area contributed by atoms with Gasteiger partial charge in [0, 0.05) is 12.6 Å². The highest BCUT2D eigenvalue weighted by atomic mass is 32.2. The number of nitrogens with one attached hydrogen (secondary N) is 2. The van der Waals surface area contributed by atoms with Gasteiger partial charge in [0.1, 0.15) is 17.5 Å². The number of hydrogen-bond donors (Lipinski definition) is 2. The van der Waals surface area contributed by atoms with Crippen LogP contribution in [0.25, 0.3) is 0 Å². The zero-order valence-corrected chi connectivity index (χ0v) is 15.7. The molecule has 0 atom stereocenters. The summed E-state index contributed by atoms with van der Waals surface area (Å²) >= 11 is 1.45. The number of anilines is 1. The third-order valence-corrected chi connectivity index (χ3v) is 4.70. The van der Waals surface area contributed by atoms with Crippen molar-refractivity contribution in [2.75, 3.05) is 18.1 Å². The van der Waals surface area contributed by atoms with Gasteiger partial charge in [-0.05, 0) is 51.7 Å². The van der Waals surface area contributed by atoms with Crippen LogP contribution in [0.1, 0.15) is 45.1 Å². The topological polar surface area (TPSA) is 99.9 Å². The average Bonchev–Trinajstić information content (AvgIpc) is 2.60. The van der Waals surface area contributed by atoms with Crippen molar-refractivity contribution in [3.05, 3.63) is 11.8 Å². The van der Waals surface area contributed by atoms with Gasteiger partial charge in [-0.3, -0.25) is 0 Å². The Balaban J connectivity index is 1.79. The Morgan fingerprint density at radius 1 is 1.44 bits per heavy atom. The van der Waals surface area contributed by atoms with Crippen molar-refractivity contribution < 1.29 is 9.53 Å². The molecule has 1 aliphatic carbocycles. The van der Waals surface area contributed by atoms with Gasteiger partial charge in [-0.2, -0.15) is 5.26 Å². The molecule has 1 aromatic heterocycles. The van der Waals surface area contributed by atoms with Gasteiger partial charge in [-0.25, -0.2) is 14.8 Å². The van der Waals surface area contributed by atoms with Crippen LogP contribution >= 0.6 is 11.8 Å². The molecule has 1 aliphatic rings. The van der Waals surface area contributed by atoms with Gasteiger partial charge in [0.15, 0.2) is 5.16 Å². The van der Waals surface area contributed by atoms with E-state index in [-0.39, 0.29) is 18.2 Å². The molecule has 7 nitrogen and oxygen atoms in total. The summed E-state index contributed by atoms with van der Waals surface area (Å²) in [6, 6.07) is 2.30. The summed E-state index contributed by atoms with van der Waals surface area (Å²) in [7, 11) is 0. The molecule has 0 aliphatic heterocycles. The van der Waals surface area contributed by atoms with Crippen LogP contribution in [-0.4, -0.2) is 41.0 Å².